The second kappa shape index (κ2) is 5.26. The predicted octanol–water partition coefficient (Wildman–Crippen LogP) is 1.19. The molecular formula is C13H26N3O2+. The number of nitrogens with zero attached hydrogens (tertiary/aromatic N) is 2. The molecule has 0 unspecified atom stereocenters. The number of quaternary nitrogens is 1. The summed E-state index contributed by atoms with van der Waals surface area (Å²) >= 11 is 0. The Kier molecular flexibility index (Phi) is 4.37. The van der Waals surface area contributed by atoms with Gasteiger partial charge in [0, 0.05) is 0 Å². The van der Waals surface area contributed by atoms with Crippen molar-refractivity contribution in [2.45, 2.75) is 39.2 Å². The maximum absolute atomic E-state index is 12.0. The Hall–Kier alpha value is -1.10. The quantitative estimate of drug-likeness (QED) is 0.573. The fourth-order valence-electron chi connectivity index (χ4n) is 2.09. The summed E-state index contributed by atoms with van der Waals surface area (Å²) in [6.07, 6.45) is 2.33. The second-order valence-corrected chi connectivity index (χ2v) is 6.25. The van der Waals surface area contributed by atoms with Crippen molar-refractivity contribution >= 4 is 11.9 Å². The van der Waals surface area contributed by atoms with Crippen LogP contribution in [-0.2, 0) is 4.79 Å². The van der Waals surface area contributed by atoms with Crippen LogP contribution in [0, 0.1) is 0 Å². The molecule has 18 heavy (non-hydrogen) atoms. The van der Waals surface area contributed by atoms with Gasteiger partial charge in [0.15, 0.2) is 0 Å². The zero-order chi connectivity index (χ0) is 14.0. The second-order valence-electron chi connectivity index (χ2n) is 6.25. The number of carbonyl (C=O) groups excluding carboxylic acids is 2. The van der Waals surface area contributed by atoms with E-state index in [2.05, 4.69) is 26.3 Å². The van der Waals surface area contributed by atoms with Crippen LogP contribution in [0.4, 0.5) is 4.79 Å². The molecule has 1 saturated heterocycles. The van der Waals surface area contributed by atoms with Gasteiger partial charge in [-0.25, -0.2) is 4.79 Å². The Morgan fingerprint density at radius 2 is 1.83 bits per heavy atom. The Balaban J connectivity index is 2.54. The van der Waals surface area contributed by atoms with Crippen molar-refractivity contribution in [2.24, 2.45) is 0 Å². The zero-order valence-electron chi connectivity index (χ0n) is 12.2. The molecule has 0 aromatic heterocycles. The number of carbonyl (C=O) groups is 2. The van der Waals surface area contributed by atoms with Gasteiger partial charge in [-0.2, -0.15) is 0 Å². The summed E-state index contributed by atoms with van der Waals surface area (Å²) in [4.78, 5) is 25.1. The van der Waals surface area contributed by atoms with E-state index in [-0.39, 0.29) is 11.9 Å². The third-order valence-electron chi connectivity index (χ3n) is 3.49. The van der Waals surface area contributed by atoms with Crippen LogP contribution >= 0.6 is 0 Å². The molecule has 3 amide bonds. The SMILES string of the molecule is CCCC[N+](C)(C)CCN1C(=O)NC(C)(C)C1=O. The van der Waals surface area contributed by atoms with Gasteiger partial charge in [-0.15, -0.1) is 0 Å². The number of hydrogen-bond acceptors (Lipinski definition) is 2. The largest absolute Gasteiger partial charge is 0.327 e. The van der Waals surface area contributed by atoms with Gasteiger partial charge in [-0.1, -0.05) is 13.3 Å². The van der Waals surface area contributed by atoms with Gasteiger partial charge in [0.1, 0.15) is 5.54 Å². The highest BCUT2D eigenvalue weighted by molar-refractivity contribution is 6.06. The van der Waals surface area contributed by atoms with Gasteiger partial charge in [0.05, 0.1) is 33.7 Å². The summed E-state index contributed by atoms with van der Waals surface area (Å²) in [6.45, 7) is 8.01. The highest BCUT2D eigenvalue weighted by Gasteiger charge is 2.44. The van der Waals surface area contributed by atoms with E-state index in [0.717, 1.165) is 24.0 Å². The Morgan fingerprint density at radius 1 is 1.22 bits per heavy atom. The Labute approximate surface area is 110 Å². The van der Waals surface area contributed by atoms with Crippen LogP contribution < -0.4 is 5.32 Å². The van der Waals surface area contributed by atoms with E-state index < -0.39 is 5.54 Å². The van der Waals surface area contributed by atoms with Gasteiger partial charge < -0.3 is 9.80 Å². The number of unbranched alkanes of at least 4 members (excludes halogenated alkanes) is 1. The first-order chi connectivity index (χ1) is 8.19. The van der Waals surface area contributed by atoms with Gasteiger partial charge in [0.2, 0.25) is 0 Å². The van der Waals surface area contributed by atoms with Crippen LogP contribution in [0.1, 0.15) is 33.6 Å². The van der Waals surface area contributed by atoms with Gasteiger partial charge in [0.25, 0.3) is 5.91 Å². The highest BCUT2D eigenvalue weighted by Crippen LogP contribution is 2.16. The van der Waals surface area contributed by atoms with Crippen molar-refractivity contribution in [3.8, 4) is 0 Å². The summed E-state index contributed by atoms with van der Waals surface area (Å²) in [5, 5.41) is 2.70. The Bertz CT molecular complexity index is 337. The topological polar surface area (TPSA) is 49.4 Å². The molecule has 0 aliphatic carbocycles. The number of nitrogens with one attached hydrogen (secondary N) is 1. The maximum Gasteiger partial charge on any atom is 0.325 e. The molecule has 0 saturated carbocycles. The molecule has 1 N–H and O–H groups in total. The van der Waals surface area contributed by atoms with Crippen molar-refractivity contribution in [3.05, 3.63) is 0 Å². The van der Waals surface area contributed by atoms with Crippen LogP contribution in [0.3, 0.4) is 0 Å². The van der Waals surface area contributed by atoms with Crippen LogP contribution in [0.2, 0.25) is 0 Å². The molecule has 0 bridgehead atoms. The summed E-state index contributed by atoms with van der Waals surface area (Å²) in [5.74, 6) is -0.122. The monoisotopic (exact) mass is 256 g/mol. The molecule has 0 radical (unpaired) electrons. The lowest BCUT2D eigenvalue weighted by Gasteiger charge is -2.31. The van der Waals surface area contributed by atoms with Crippen molar-refractivity contribution in [1.82, 2.24) is 10.2 Å². The summed E-state index contributed by atoms with van der Waals surface area (Å²) in [6, 6.07) is -0.263. The molecule has 1 aliphatic heterocycles. The van der Waals surface area contributed by atoms with Gasteiger partial charge in [-0.3, -0.25) is 9.69 Å². The minimum Gasteiger partial charge on any atom is -0.327 e. The lowest BCUT2D eigenvalue weighted by molar-refractivity contribution is -0.889. The van der Waals surface area contributed by atoms with E-state index in [4.69, 9.17) is 0 Å². The third kappa shape index (κ3) is 3.45. The fourth-order valence-corrected chi connectivity index (χ4v) is 2.09. The molecule has 1 aliphatic rings. The fraction of sp³-hybridized carbons (Fsp3) is 0.846. The number of hydrogen-bond donors (Lipinski definition) is 1. The number of imide groups is 1. The summed E-state index contributed by atoms with van der Waals surface area (Å²) in [7, 11) is 4.28. The molecule has 5 nitrogen and oxygen atoms in total. The minimum atomic E-state index is -0.752. The first kappa shape index (κ1) is 15.0. The molecule has 1 rings (SSSR count). The van der Waals surface area contributed by atoms with Gasteiger partial charge in [-0.05, 0) is 20.3 Å². The highest BCUT2D eigenvalue weighted by atomic mass is 16.2. The number of amides is 3. The molecule has 104 valence electrons. The number of urea groups is 1. The molecule has 0 aromatic carbocycles. The first-order valence-electron chi connectivity index (χ1n) is 6.66. The van der Waals surface area contributed by atoms with E-state index in [0.29, 0.717) is 6.54 Å². The predicted molar refractivity (Wildman–Crippen MR) is 71.1 cm³/mol. The average Bonchev–Trinajstić information content (AvgIpc) is 2.44. The van der Waals surface area contributed by atoms with Crippen LogP contribution in [-0.4, -0.2) is 60.6 Å². The zero-order valence-corrected chi connectivity index (χ0v) is 12.2. The van der Waals surface area contributed by atoms with E-state index in [1.54, 1.807) is 13.8 Å². The summed E-state index contributed by atoms with van der Waals surface area (Å²) in [5.41, 5.74) is -0.752. The molecule has 1 heterocycles. The lowest BCUT2D eigenvalue weighted by atomic mass is 10.1. The molecule has 0 atom stereocenters. The van der Waals surface area contributed by atoms with E-state index in [1.165, 1.54) is 11.3 Å². The van der Waals surface area contributed by atoms with E-state index in [9.17, 15) is 9.59 Å². The first-order valence-corrected chi connectivity index (χ1v) is 6.66. The molecule has 0 spiro atoms. The number of rotatable bonds is 6. The van der Waals surface area contributed by atoms with Crippen molar-refractivity contribution < 1.29 is 14.1 Å². The Morgan fingerprint density at radius 3 is 2.28 bits per heavy atom. The molecular weight excluding hydrogens is 230 g/mol. The standard InChI is InChI=1S/C13H25N3O2/c1-6-7-9-16(4,5)10-8-15-11(17)13(2,3)14-12(15)18/h6-10H2,1-5H3/p+1. The van der Waals surface area contributed by atoms with Crippen molar-refractivity contribution in [2.75, 3.05) is 33.7 Å². The van der Waals surface area contributed by atoms with E-state index >= 15 is 0 Å². The third-order valence-corrected chi connectivity index (χ3v) is 3.49. The maximum atomic E-state index is 12.0. The molecule has 0 aromatic rings. The average molecular weight is 256 g/mol. The molecule has 5 heteroatoms. The van der Waals surface area contributed by atoms with Crippen LogP contribution in [0.5, 0.6) is 0 Å². The van der Waals surface area contributed by atoms with E-state index in [1.807, 2.05) is 0 Å². The smallest absolute Gasteiger partial charge is 0.325 e. The van der Waals surface area contributed by atoms with Crippen LogP contribution in [0.25, 0.3) is 0 Å². The van der Waals surface area contributed by atoms with Crippen LogP contribution in [0.15, 0.2) is 0 Å². The van der Waals surface area contributed by atoms with Gasteiger partial charge >= 0.3 is 6.03 Å². The molecule has 1 fully saturated rings. The normalized spacial score (nSPS) is 19.3. The van der Waals surface area contributed by atoms with Crippen molar-refractivity contribution in [3.63, 3.8) is 0 Å². The lowest BCUT2D eigenvalue weighted by Crippen LogP contribution is -2.48. The summed E-state index contributed by atoms with van der Waals surface area (Å²) < 4.78 is 0.839. The van der Waals surface area contributed by atoms with Crippen molar-refractivity contribution in [1.29, 1.82) is 0 Å². The number of likely N-dealkylation sites (N-methyl/N-ethyl adjacent to an activating group) is 1. The minimum absolute atomic E-state index is 0.122.